The molecule has 8 heteroatoms. The summed E-state index contributed by atoms with van der Waals surface area (Å²) in [5.41, 5.74) is 0.914. The summed E-state index contributed by atoms with van der Waals surface area (Å²) in [6.45, 7) is 0.0261. The number of nitrogens with zero attached hydrogens (tertiary/aromatic N) is 1. The van der Waals surface area contributed by atoms with E-state index in [-0.39, 0.29) is 29.4 Å². The van der Waals surface area contributed by atoms with Crippen molar-refractivity contribution in [3.63, 3.8) is 0 Å². The van der Waals surface area contributed by atoms with Gasteiger partial charge in [-0.15, -0.1) is 0 Å². The van der Waals surface area contributed by atoms with E-state index in [1.165, 1.54) is 32.4 Å². The molecule has 1 fully saturated rings. The number of phenolic OH excluding ortho intramolecular Hbond substituents is 1. The Morgan fingerprint density at radius 3 is 2.21 bits per heavy atom. The normalized spacial score (nSPS) is 15.6. The van der Waals surface area contributed by atoms with Crippen molar-refractivity contribution in [1.29, 1.82) is 0 Å². The molecule has 0 bridgehead atoms. The van der Waals surface area contributed by atoms with Gasteiger partial charge in [0.2, 0.25) is 5.75 Å². The minimum atomic E-state index is -0.801. The number of benzene rings is 2. The molecular weight excluding hydrogens is 364 g/mol. The van der Waals surface area contributed by atoms with Crippen LogP contribution >= 0.6 is 0 Å². The number of nitrogens with one attached hydrogen (secondary N) is 1. The third-order valence-corrected chi connectivity index (χ3v) is 4.18. The van der Waals surface area contributed by atoms with Gasteiger partial charge in [-0.25, -0.2) is 4.79 Å². The Hall–Kier alpha value is -3.81. The molecular formula is C20H18N2O6. The Balaban J connectivity index is 1.97. The molecule has 0 radical (unpaired) electrons. The van der Waals surface area contributed by atoms with Crippen LogP contribution in [-0.2, 0) is 16.1 Å². The van der Waals surface area contributed by atoms with E-state index in [2.05, 4.69) is 5.32 Å². The molecule has 1 saturated heterocycles. The number of amides is 4. The van der Waals surface area contributed by atoms with E-state index < -0.39 is 17.8 Å². The van der Waals surface area contributed by atoms with Crippen LogP contribution in [0.2, 0.25) is 0 Å². The number of barbiturate groups is 1. The van der Waals surface area contributed by atoms with Crippen molar-refractivity contribution in [3.8, 4) is 17.2 Å². The lowest BCUT2D eigenvalue weighted by Crippen LogP contribution is -2.53. The smallest absolute Gasteiger partial charge is 0.331 e. The number of carbonyl (C=O) groups is 3. The highest BCUT2D eigenvalue weighted by molar-refractivity contribution is 6.31. The third-order valence-electron chi connectivity index (χ3n) is 4.18. The molecule has 2 N–H and O–H groups in total. The van der Waals surface area contributed by atoms with Crippen molar-refractivity contribution < 1.29 is 29.0 Å². The molecule has 1 aliphatic rings. The molecule has 144 valence electrons. The third kappa shape index (κ3) is 3.66. The SMILES string of the molecule is COc1cc(/C=C2/C(=O)NC(=O)N(Cc3ccccc3)C2=O)cc(OC)c1O. The van der Waals surface area contributed by atoms with Gasteiger partial charge in [0.1, 0.15) is 5.57 Å². The number of ether oxygens (including phenoxy) is 2. The standard InChI is InChI=1S/C20H18N2O6/c1-27-15-9-13(10-16(28-2)17(15)23)8-14-18(24)21-20(26)22(19(14)25)11-12-6-4-3-5-7-12/h3-10,23H,11H2,1-2H3,(H,21,24,26)/b14-8-. The van der Waals surface area contributed by atoms with Crippen LogP contribution in [0, 0.1) is 0 Å². The summed E-state index contributed by atoms with van der Waals surface area (Å²) >= 11 is 0. The van der Waals surface area contributed by atoms with Crippen LogP contribution < -0.4 is 14.8 Å². The van der Waals surface area contributed by atoms with Crippen LogP contribution in [0.15, 0.2) is 48.0 Å². The zero-order valence-corrected chi connectivity index (χ0v) is 15.3. The van der Waals surface area contributed by atoms with Gasteiger partial charge in [-0.2, -0.15) is 0 Å². The molecule has 2 aromatic carbocycles. The van der Waals surface area contributed by atoms with E-state index in [4.69, 9.17) is 9.47 Å². The number of hydrogen-bond donors (Lipinski definition) is 2. The zero-order chi connectivity index (χ0) is 20.3. The average Bonchev–Trinajstić information content (AvgIpc) is 2.70. The molecule has 0 aliphatic carbocycles. The molecule has 0 spiro atoms. The zero-order valence-electron chi connectivity index (χ0n) is 15.3. The second-order valence-electron chi connectivity index (χ2n) is 5.97. The quantitative estimate of drug-likeness (QED) is 0.606. The first-order chi connectivity index (χ1) is 13.4. The average molecular weight is 382 g/mol. The number of carbonyl (C=O) groups excluding carboxylic acids is 3. The molecule has 0 atom stereocenters. The summed E-state index contributed by atoms with van der Waals surface area (Å²) in [5, 5.41) is 12.2. The molecule has 3 rings (SSSR count). The minimum Gasteiger partial charge on any atom is -0.502 e. The Labute approximate surface area is 161 Å². The summed E-state index contributed by atoms with van der Waals surface area (Å²) < 4.78 is 10.2. The molecule has 1 aliphatic heterocycles. The highest BCUT2D eigenvalue weighted by atomic mass is 16.5. The fraction of sp³-hybridized carbons (Fsp3) is 0.150. The van der Waals surface area contributed by atoms with Crippen LogP contribution in [0.5, 0.6) is 17.2 Å². The molecule has 1 heterocycles. The number of urea groups is 1. The topological polar surface area (TPSA) is 105 Å². The Morgan fingerprint density at radius 1 is 1.04 bits per heavy atom. The molecule has 2 aromatic rings. The van der Waals surface area contributed by atoms with Gasteiger partial charge < -0.3 is 14.6 Å². The van der Waals surface area contributed by atoms with Crippen LogP contribution in [0.25, 0.3) is 6.08 Å². The molecule has 4 amide bonds. The minimum absolute atomic E-state index is 0.0261. The van der Waals surface area contributed by atoms with Crippen molar-refractivity contribution in [2.75, 3.05) is 14.2 Å². The number of rotatable bonds is 5. The molecule has 28 heavy (non-hydrogen) atoms. The first-order valence-electron chi connectivity index (χ1n) is 8.32. The highest BCUT2D eigenvalue weighted by Crippen LogP contribution is 2.37. The van der Waals surface area contributed by atoms with Gasteiger partial charge in [0.25, 0.3) is 11.8 Å². The van der Waals surface area contributed by atoms with Gasteiger partial charge in [0.05, 0.1) is 20.8 Å². The van der Waals surface area contributed by atoms with Crippen LogP contribution in [0.4, 0.5) is 4.79 Å². The second kappa shape index (κ2) is 7.83. The molecule has 0 unspecified atom stereocenters. The number of phenols is 1. The van der Waals surface area contributed by atoms with Gasteiger partial charge in [0, 0.05) is 0 Å². The van der Waals surface area contributed by atoms with Gasteiger partial charge in [0.15, 0.2) is 11.5 Å². The van der Waals surface area contributed by atoms with E-state index in [9.17, 15) is 19.5 Å². The van der Waals surface area contributed by atoms with Crippen molar-refractivity contribution in [2.24, 2.45) is 0 Å². The van der Waals surface area contributed by atoms with Crippen molar-refractivity contribution in [2.45, 2.75) is 6.54 Å². The fourth-order valence-corrected chi connectivity index (χ4v) is 2.77. The molecule has 0 aromatic heterocycles. The van der Waals surface area contributed by atoms with Crippen molar-refractivity contribution in [1.82, 2.24) is 10.2 Å². The summed E-state index contributed by atoms with van der Waals surface area (Å²) in [5.74, 6) is -1.49. The first-order valence-corrected chi connectivity index (χ1v) is 8.32. The van der Waals surface area contributed by atoms with E-state index in [0.717, 1.165) is 10.5 Å². The molecule has 0 saturated carbocycles. The van der Waals surface area contributed by atoms with Crippen LogP contribution in [-0.4, -0.2) is 42.1 Å². The summed E-state index contributed by atoms with van der Waals surface area (Å²) in [7, 11) is 2.73. The van der Waals surface area contributed by atoms with E-state index in [1.54, 1.807) is 24.3 Å². The molecule has 8 nitrogen and oxygen atoms in total. The number of hydrogen-bond acceptors (Lipinski definition) is 6. The van der Waals surface area contributed by atoms with E-state index in [0.29, 0.717) is 5.56 Å². The van der Waals surface area contributed by atoms with Crippen LogP contribution in [0.3, 0.4) is 0 Å². The summed E-state index contributed by atoms with van der Waals surface area (Å²) in [6.07, 6.45) is 1.31. The lowest BCUT2D eigenvalue weighted by Gasteiger charge is -2.26. The maximum atomic E-state index is 12.8. The lowest BCUT2D eigenvalue weighted by molar-refractivity contribution is -0.130. The number of imide groups is 2. The van der Waals surface area contributed by atoms with E-state index >= 15 is 0 Å². The highest BCUT2D eigenvalue weighted by Gasteiger charge is 2.35. The Kier molecular flexibility index (Phi) is 5.30. The fourth-order valence-electron chi connectivity index (χ4n) is 2.77. The largest absolute Gasteiger partial charge is 0.502 e. The summed E-state index contributed by atoms with van der Waals surface area (Å²) in [6, 6.07) is 11.1. The number of aromatic hydroxyl groups is 1. The lowest BCUT2D eigenvalue weighted by atomic mass is 10.1. The Morgan fingerprint density at radius 2 is 1.64 bits per heavy atom. The monoisotopic (exact) mass is 382 g/mol. The van der Waals surface area contributed by atoms with E-state index in [1.807, 2.05) is 6.07 Å². The van der Waals surface area contributed by atoms with Crippen molar-refractivity contribution in [3.05, 3.63) is 59.2 Å². The Bertz CT molecular complexity index is 943. The maximum Gasteiger partial charge on any atom is 0.331 e. The summed E-state index contributed by atoms with van der Waals surface area (Å²) in [4.78, 5) is 38.1. The second-order valence-corrected chi connectivity index (χ2v) is 5.97. The predicted octanol–water partition coefficient (Wildman–Crippen LogP) is 2.07. The van der Waals surface area contributed by atoms with Gasteiger partial charge in [-0.05, 0) is 29.3 Å². The maximum absolute atomic E-state index is 12.8. The van der Waals surface area contributed by atoms with Gasteiger partial charge in [-0.1, -0.05) is 30.3 Å². The first kappa shape index (κ1) is 19.0. The van der Waals surface area contributed by atoms with Gasteiger partial charge in [-0.3, -0.25) is 19.8 Å². The van der Waals surface area contributed by atoms with Crippen LogP contribution in [0.1, 0.15) is 11.1 Å². The van der Waals surface area contributed by atoms with Crippen molar-refractivity contribution >= 4 is 23.9 Å². The van der Waals surface area contributed by atoms with Gasteiger partial charge >= 0.3 is 6.03 Å². The number of methoxy groups -OCH3 is 2. The predicted molar refractivity (Wildman–Crippen MR) is 99.7 cm³/mol.